The molecule has 18 heavy (non-hydrogen) atoms. The van der Waals surface area contributed by atoms with Crippen LogP contribution in [0.1, 0.15) is 30.9 Å². The van der Waals surface area contributed by atoms with E-state index in [4.69, 9.17) is 0 Å². The van der Waals surface area contributed by atoms with Crippen molar-refractivity contribution in [1.82, 2.24) is 0 Å². The molecule has 1 aromatic carbocycles. The Morgan fingerprint density at radius 3 is 2.56 bits per heavy atom. The van der Waals surface area contributed by atoms with E-state index in [0.29, 0.717) is 24.3 Å². The number of carbonyl (C=O) groups excluding carboxylic acids is 1. The van der Waals surface area contributed by atoms with Gasteiger partial charge in [-0.2, -0.15) is 18.2 Å². The molecule has 0 heterocycles. The first-order valence-corrected chi connectivity index (χ1v) is 5.64. The van der Waals surface area contributed by atoms with Crippen molar-refractivity contribution in [2.75, 3.05) is 0 Å². The van der Waals surface area contributed by atoms with Gasteiger partial charge in [0.1, 0.15) is 0 Å². The van der Waals surface area contributed by atoms with Crippen LogP contribution in [0.2, 0.25) is 0 Å². The van der Waals surface area contributed by atoms with E-state index in [2.05, 4.69) is 4.99 Å². The molecule has 0 spiro atoms. The maximum Gasteiger partial charge on any atom is 0.416 e. The van der Waals surface area contributed by atoms with Crippen LogP contribution in [-0.2, 0) is 16.5 Å². The molecule has 0 radical (unpaired) electrons. The van der Waals surface area contributed by atoms with Crippen LogP contribution in [0.25, 0.3) is 0 Å². The maximum absolute atomic E-state index is 12.6. The third-order valence-corrected chi connectivity index (χ3v) is 3.36. The third-order valence-electron chi connectivity index (χ3n) is 3.36. The number of nitrogens with zero attached hydrogens (tertiary/aromatic N) is 1. The average Bonchev–Trinajstić information content (AvgIpc) is 2.26. The lowest BCUT2D eigenvalue weighted by atomic mass is 9.66. The molecule has 1 fully saturated rings. The van der Waals surface area contributed by atoms with Crippen LogP contribution >= 0.6 is 0 Å². The van der Waals surface area contributed by atoms with Crippen LogP contribution in [0.5, 0.6) is 0 Å². The zero-order chi connectivity index (χ0) is 13.4. The molecule has 0 bridgehead atoms. The van der Waals surface area contributed by atoms with Gasteiger partial charge in [-0.3, -0.25) is 0 Å². The van der Waals surface area contributed by atoms with Gasteiger partial charge in [0.25, 0.3) is 0 Å². The number of hydrogen-bond acceptors (Lipinski definition) is 2. The van der Waals surface area contributed by atoms with Gasteiger partial charge in [0, 0.05) is 0 Å². The highest BCUT2D eigenvalue weighted by atomic mass is 19.4. The van der Waals surface area contributed by atoms with Gasteiger partial charge in [-0.05, 0) is 36.5 Å². The van der Waals surface area contributed by atoms with Crippen LogP contribution in [0.3, 0.4) is 0 Å². The second-order valence-corrected chi connectivity index (χ2v) is 4.83. The molecule has 1 aliphatic rings. The summed E-state index contributed by atoms with van der Waals surface area (Å²) in [6.45, 7) is 1.98. The number of rotatable bonds is 2. The molecule has 0 aliphatic heterocycles. The van der Waals surface area contributed by atoms with Gasteiger partial charge < -0.3 is 0 Å². The summed E-state index contributed by atoms with van der Waals surface area (Å²) in [5, 5.41) is 0. The Kier molecular flexibility index (Phi) is 3.03. The molecule has 5 heteroatoms. The first-order valence-electron chi connectivity index (χ1n) is 5.64. The van der Waals surface area contributed by atoms with E-state index in [1.807, 2.05) is 6.92 Å². The standard InChI is InChI=1S/C13H12F3NO/c1-9-6-12(7-9,17-8-18)10-3-2-4-11(5-10)13(14,15)16/h2-5,9H,6-7H2,1H3. The Labute approximate surface area is 103 Å². The lowest BCUT2D eigenvalue weighted by molar-refractivity contribution is -0.137. The lowest BCUT2D eigenvalue weighted by Crippen LogP contribution is -2.38. The quantitative estimate of drug-likeness (QED) is 0.585. The third kappa shape index (κ3) is 2.18. The average molecular weight is 255 g/mol. The molecule has 2 nitrogen and oxygen atoms in total. The Morgan fingerprint density at radius 1 is 1.39 bits per heavy atom. The number of halogens is 3. The highest BCUT2D eigenvalue weighted by Gasteiger charge is 2.44. The van der Waals surface area contributed by atoms with Crippen molar-refractivity contribution in [2.24, 2.45) is 10.9 Å². The molecular weight excluding hydrogens is 243 g/mol. The molecule has 0 unspecified atom stereocenters. The first kappa shape index (κ1) is 12.8. The van der Waals surface area contributed by atoms with E-state index in [-0.39, 0.29) is 0 Å². The number of isocyanates is 1. The summed E-state index contributed by atoms with van der Waals surface area (Å²) in [5.41, 5.74) is -1.07. The van der Waals surface area contributed by atoms with Gasteiger partial charge in [0.15, 0.2) is 0 Å². The van der Waals surface area contributed by atoms with E-state index in [1.54, 1.807) is 6.07 Å². The summed E-state index contributed by atoms with van der Waals surface area (Å²) in [4.78, 5) is 14.2. The van der Waals surface area contributed by atoms with E-state index in [1.165, 1.54) is 12.1 Å². The molecular formula is C13H12F3NO. The Morgan fingerprint density at radius 2 is 2.06 bits per heavy atom. The summed E-state index contributed by atoms with van der Waals surface area (Å²) in [7, 11) is 0. The highest BCUT2D eigenvalue weighted by molar-refractivity contribution is 5.41. The zero-order valence-electron chi connectivity index (χ0n) is 9.79. The van der Waals surface area contributed by atoms with Crippen LogP contribution in [-0.4, -0.2) is 6.08 Å². The van der Waals surface area contributed by atoms with Crippen molar-refractivity contribution in [1.29, 1.82) is 0 Å². The molecule has 2 rings (SSSR count). The Bertz CT molecular complexity index is 497. The van der Waals surface area contributed by atoms with Crippen LogP contribution in [0.15, 0.2) is 29.3 Å². The normalized spacial score (nSPS) is 27.2. The van der Waals surface area contributed by atoms with Crippen LogP contribution < -0.4 is 0 Å². The molecule has 1 aromatic rings. The zero-order valence-corrected chi connectivity index (χ0v) is 9.79. The van der Waals surface area contributed by atoms with E-state index >= 15 is 0 Å². The number of aliphatic imine (C=N–C) groups is 1. The van der Waals surface area contributed by atoms with E-state index in [0.717, 1.165) is 12.1 Å². The second-order valence-electron chi connectivity index (χ2n) is 4.83. The molecule has 0 saturated heterocycles. The fourth-order valence-electron chi connectivity index (χ4n) is 2.56. The fourth-order valence-corrected chi connectivity index (χ4v) is 2.56. The highest BCUT2D eigenvalue weighted by Crippen LogP contribution is 2.49. The SMILES string of the molecule is CC1CC(N=C=O)(c2cccc(C(F)(F)F)c2)C1. The molecule has 96 valence electrons. The predicted octanol–water partition coefficient (Wildman–Crippen LogP) is 3.67. The summed E-state index contributed by atoms with van der Waals surface area (Å²) in [5.74, 6) is 0.358. The smallest absolute Gasteiger partial charge is 0.211 e. The largest absolute Gasteiger partial charge is 0.416 e. The lowest BCUT2D eigenvalue weighted by Gasteiger charge is -2.42. The van der Waals surface area contributed by atoms with E-state index in [9.17, 15) is 18.0 Å². The van der Waals surface area contributed by atoms with Crippen LogP contribution in [0, 0.1) is 5.92 Å². The molecule has 0 N–H and O–H groups in total. The molecule has 0 amide bonds. The maximum atomic E-state index is 12.6. The van der Waals surface area contributed by atoms with Gasteiger partial charge >= 0.3 is 6.18 Å². The van der Waals surface area contributed by atoms with Crippen molar-refractivity contribution in [3.05, 3.63) is 35.4 Å². The van der Waals surface area contributed by atoms with Crippen molar-refractivity contribution in [3.63, 3.8) is 0 Å². The molecule has 1 saturated carbocycles. The second kappa shape index (κ2) is 4.25. The van der Waals surface area contributed by atoms with Gasteiger partial charge in [0.2, 0.25) is 6.08 Å². The van der Waals surface area contributed by atoms with Crippen molar-refractivity contribution < 1.29 is 18.0 Å². The Balaban J connectivity index is 2.41. The summed E-state index contributed by atoms with van der Waals surface area (Å²) >= 11 is 0. The minimum absolute atomic E-state index is 0.358. The Hall–Kier alpha value is -1.61. The predicted molar refractivity (Wildman–Crippen MR) is 59.6 cm³/mol. The topological polar surface area (TPSA) is 29.4 Å². The fraction of sp³-hybridized carbons (Fsp3) is 0.462. The number of benzene rings is 1. The minimum Gasteiger partial charge on any atom is -0.211 e. The summed E-state index contributed by atoms with van der Waals surface area (Å²) < 4.78 is 37.9. The summed E-state index contributed by atoms with van der Waals surface area (Å²) in [6, 6.07) is 5.03. The summed E-state index contributed by atoms with van der Waals surface area (Å²) in [6.07, 6.45) is -1.72. The van der Waals surface area contributed by atoms with Gasteiger partial charge in [-0.15, -0.1) is 0 Å². The van der Waals surface area contributed by atoms with E-state index < -0.39 is 17.3 Å². The van der Waals surface area contributed by atoms with Gasteiger partial charge in [-0.1, -0.05) is 19.1 Å². The molecule has 0 atom stereocenters. The number of alkyl halides is 3. The van der Waals surface area contributed by atoms with Crippen molar-refractivity contribution in [3.8, 4) is 0 Å². The van der Waals surface area contributed by atoms with Gasteiger partial charge in [-0.25, -0.2) is 4.79 Å². The number of hydrogen-bond donors (Lipinski definition) is 0. The minimum atomic E-state index is -4.38. The van der Waals surface area contributed by atoms with Crippen molar-refractivity contribution >= 4 is 6.08 Å². The van der Waals surface area contributed by atoms with Crippen molar-refractivity contribution in [2.45, 2.75) is 31.5 Å². The molecule has 1 aliphatic carbocycles. The monoisotopic (exact) mass is 255 g/mol. The molecule has 0 aromatic heterocycles. The first-order chi connectivity index (χ1) is 8.37. The van der Waals surface area contributed by atoms with Gasteiger partial charge in [0.05, 0.1) is 11.1 Å². The van der Waals surface area contributed by atoms with Crippen LogP contribution in [0.4, 0.5) is 13.2 Å².